The van der Waals surface area contributed by atoms with Crippen LogP contribution in [0.3, 0.4) is 0 Å². The second kappa shape index (κ2) is 3.51. The first-order chi connectivity index (χ1) is 7.80. The van der Waals surface area contributed by atoms with Gasteiger partial charge in [-0.25, -0.2) is 0 Å². The van der Waals surface area contributed by atoms with Gasteiger partial charge in [0.05, 0.1) is 5.56 Å². The van der Waals surface area contributed by atoms with E-state index in [-0.39, 0.29) is 10.9 Å². The fraction of sp³-hybridized carbons (Fsp3) is 0.182. The lowest BCUT2D eigenvalue weighted by atomic mass is 10.1. The highest BCUT2D eigenvalue weighted by Crippen LogP contribution is 2.29. The van der Waals surface area contributed by atoms with Crippen LogP contribution in [-0.4, -0.2) is 16.5 Å². The lowest BCUT2D eigenvalue weighted by Crippen LogP contribution is -2.22. The van der Waals surface area contributed by atoms with Crippen LogP contribution in [0.4, 0.5) is 18.9 Å². The minimum atomic E-state index is -4.88. The van der Waals surface area contributed by atoms with Gasteiger partial charge < -0.3 is 10.3 Å². The molecule has 0 bridgehead atoms. The van der Waals surface area contributed by atoms with Gasteiger partial charge in [-0.05, 0) is 18.2 Å². The zero-order chi connectivity index (χ0) is 12.8. The molecule has 0 aliphatic rings. The molecule has 2 aromatic rings. The summed E-state index contributed by atoms with van der Waals surface area (Å²) in [5.74, 6) is -1.85. The zero-order valence-electron chi connectivity index (χ0n) is 8.88. The fourth-order valence-corrected chi connectivity index (χ4v) is 1.74. The molecule has 0 spiro atoms. The number of hydrogen-bond donors (Lipinski definition) is 1. The van der Waals surface area contributed by atoms with Crippen molar-refractivity contribution >= 4 is 22.4 Å². The van der Waals surface area contributed by atoms with E-state index in [9.17, 15) is 18.0 Å². The van der Waals surface area contributed by atoms with Gasteiger partial charge in [0.25, 0.3) is 5.78 Å². The number of alkyl halides is 3. The number of rotatable bonds is 1. The summed E-state index contributed by atoms with van der Waals surface area (Å²) in [6, 6.07) is 4.52. The van der Waals surface area contributed by atoms with E-state index in [4.69, 9.17) is 5.73 Å². The van der Waals surface area contributed by atoms with Crippen molar-refractivity contribution in [3.05, 3.63) is 30.0 Å². The second-order valence-corrected chi connectivity index (χ2v) is 3.76. The van der Waals surface area contributed by atoms with Gasteiger partial charge in [-0.2, -0.15) is 13.2 Å². The number of hydrogen-bond acceptors (Lipinski definition) is 2. The maximum atomic E-state index is 12.4. The minimum Gasteiger partial charge on any atom is -0.399 e. The van der Waals surface area contributed by atoms with Crippen LogP contribution >= 0.6 is 0 Å². The fourth-order valence-electron chi connectivity index (χ4n) is 1.74. The molecule has 0 aliphatic carbocycles. The normalized spacial score (nSPS) is 12.0. The van der Waals surface area contributed by atoms with Crippen molar-refractivity contribution in [1.82, 2.24) is 4.57 Å². The molecular formula is C11H9F3N2O. The largest absolute Gasteiger partial charge is 0.454 e. The molecule has 0 fully saturated rings. The van der Waals surface area contributed by atoms with E-state index in [1.807, 2.05) is 0 Å². The Balaban J connectivity index is 2.70. The Kier molecular flexibility index (Phi) is 2.38. The van der Waals surface area contributed by atoms with Crippen LogP contribution in [0.1, 0.15) is 10.4 Å². The van der Waals surface area contributed by atoms with Gasteiger partial charge >= 0.3 is 6.18 Å². The number of nitrogens with two attached hydrogens (primary N) is 1. The van der Waals surface area contributed by atoms with Gasteiger partial charge in [-0.1, -0.05) is 0 Å². The third kappa shape index (κ3) is 1.86. The first-order valence-electron chi connectivity index (χ1n) is 4.77. The quantitative estimate of drug-likeness (QED) is 0.617. The Hall–Kier alpha value is -1.98. The van der Waals surface area contributed by atoms with Crippen molar-refractivity contribution in [3.8, 4) is 0 Å². The molecule has 17 heavy (non-hydrogen) atoms. The predicted octanol–water partition coefficient (Wildman–Crippen LogP) is 2.51. The highest BCUT2D eigenvalue weighted by Gasteiger charge is 2.40. The minimum absolute atomic E-state index is 0.217. The van der Waals surface area contributed by atoms with Gasteiger partial charge in [0.15, 0.2) is 0 Å². The monoisotopic (exact) mass is 242 g/mol. The third-order valence-corrected chi connectivity index (χ3v) is 2.52. The van der Waals surface area contributed by atoms with E-state index in [0.29, 0.717) is 11.2 Å². The number of aryl methyl sites for hydroxylation is 1. The molecule has 0 aliphatic heterocycles. The average molecular weight is 242 g/mol. The molecule has 6 heteroatoms. The van der Waals surface area contributed by atoms with Crippen molar-refractivity contribution in [2.45, 2.75) is 6.18 Å². The SMILES string of the molecule is Cn1cc(C(=O)C(F)(F)F)c2cc(N)ccc21. The number of carbonyl (C=O) groups excluding carboxylic acids is 1. The Morgan fingerprint density at radius 2 is 2.00 bits per heavy atom. The maximum absolute atomic E-state index is 12.4. The van der Waals surface area contributed by atoms with Gasteiger partial charge in [-0.3, -0.25) is 4.79 Å². The van der Waals surface area contributed by atoms with Crippen molar-refractivity contribution < 1.29 is 18.0 Å². The van der Waals surface area contributed by atoms with Crippen molar-refractivity contribution in [3.63, 3.8) is 0 Å². The topological polar surface area (TPSA) is 48.0 Å². The van der Waals surface area contributed by atoms with Crippen molar-refractivity contribution in [2.75, 3.05) is 5.73 Å². The molecule has 0 amide bonds. The van der Waals surface area contributed by atoms with E-state index in [2.05, 4.69) is 0 Å². The number of benzene rings is 1. The molecule has 1 aromatic heterocycles. The lowest BCUT2D eigenvalue weighted by molar-refractivity contribution is -0.0884. The van der Waals surface area contributed by atoms with Crippen LogP contribution in [0.15, 0.2) is 24.4 Å². The number of anilines is 1. The van der Waals surface area contributed by atoms with E-state index in [1.165, 1.54) is 16.8 Å². The Bertz CT molecular complexity index is 599. The number of fused-ring (bicyclic) bond motifs is 1. The number of carbonyl (C=O) groups is 1. The van der Waals surface area contributed by atoms with Gasteiger partial charge in [0.2, 0.25) is 0 Å². The second-order valence-electron chi connectivity index (χ2n) is 3.76. The lowest BCUT2D eigenvalue weighted by Gasteiger charge is -2.03. The number of ketones is 1. The molecule has 0 radical (unpaired) electrons. The van der Waals surface area contributed by atoms with Crippen LogP contribution in [0.2, 0.25) is 0 Å². The highest BCUT2D eigenvalue weighted by molar-refractivity contribution is 6.11. The van der Waals surface area contributed by atoms with E-state index in [0.717, 1.165) is 0 Å². The van der Waals surface area contributed by atoms with Crippen LogP contribution in [0.5, 0.6) is 0 Å². The molecule has 0 atom stereocenters. The molecule has 1 aromatic carbocycles. The molecule has 90 valence electrons. The molecule has 2 rings (SSSR count). The Labute approximate surface area is 94.6 Å². The number of halogens is 3. The predicted molar refractivity (Wildman–Crippen MR) is 57.7 cm³/mol. The van der Waals surface area contributed by atoms with Gasteiger partial charge in [0.1, 0.15) is 0 Å². The van der Waals surface area contributed by atoms with Gasteiger partial charge in [0, 0.05) is 29.8 Å². The van der Waals surface area contributed by atoms with E-state index in [1.54, 1.807) is 19.2 Å². The molecule has 1 heterocycles. The highest BCUT2D eigenvalue weighted by atomic mass is 19.4. The summed E-state index contributed by atoms with van der Waals surface area (Å²) in [7, 11) is 1.58. The molecule has 0 unspecified atom stereocenters. The summed E-state index contributed by atoms with van der Waals surface area (Å²) in [5, 5.41) is 0.217. The molecule has 0 saturated carbocycles. The first-order valence-corrected chi connectivity index (χ1v) is 4.77. The standard InChI is InChI=1S/C11H9F3N2O/c1-16-5-8(10(17)11(12,13)14)7-4-6(15)2-3-9(7)16/h2-5H,15H2,1H3. The third-order valence-electron chi connectivity index (χ3n) is 2.52. The summed E-state index contributed by atoms with van der Waals surface area (Å²) in [6.45, 7) is 0. The number of aromatic nitrogens is 1. The summed E-state index contributed by atoms with van der Waals surface area (Å²) < 4.78 is 38.6. The van der Waals surface area contributed by atoms with Crippen LogP contribution in [-0.2, 0) is 7.05 Å². The van der Waals surface area contributed by atoms with Crippen molar-refractivity contribution in [1.29, 1.82) is 0 Å². The average Bonchev–Trinajstić information content (AvgIpc) is 2.53. The van der Waals surface area contributed by atoms with Gasteiger partial charge in [-0.15, -0.1) is 0 Å². The van der Waals surface area contributed by atoms with Crippen LogP contribution in [0, 0.1) is 0 Å². The summed E-state index contributed by atoms with van der Waals surface area (Å²) >= 11 is 0. The zero-order valence-corrected chi connectivity index (χ0v) is 8.88. The summed E-state index contributed by atoms with van der Waals surface area (Å²) in [5.41, 5.74) is 5.99. The molecule has 2 N–H and O–H groups in total. The number of Topliss-reactive ketones (excluding diaryl/α,β-unsaturated/α-hetero) is 1. The van der Waals surface area contributed by atoms with Crippen LogP contribution in [0.25, 0.3) is 10.9 Å². The van der Waals surface area contributed by atoms with E-state index >= 15 is 0 Å². The Morgan fingerprint density at radius 3 is 2.59 bits per heavy atom. The molecule has 0 saturated heterocycles. The van der Waals surface area contributed by atoms with E-state index < -0.39 is 12.0 Å². The van der Waals surface area contributed by atoms with Crippen molar-refractivity contribution in [2.24, 2.45) is 7.05 Å². The smallest absolute Gasteiger partial charge is 0.399 e. The molecular weight excluding hydrogens is 233 g/mol. The van der Waals surface area contributed by atoms with Crippen LogP contribution < -0.4 is 5.73 Å². The number of nitrogens with zero attached hydrogens (tertiary/aromatic N) is 1. The molecule has 3 nitrogen and oxygen atoms in total. The maximum Gasteiger partial charge on any atom is 0.454 e. The number of nitrogen functional groups attached to an aromatic ring is 1. The Morgan fingerprint density at radius 1 is 1.35 bits per heavy atom. The summed E-state index contributed by atoms with van der Waals surface area (Å²) in [4.78, 5) is 11.2. The summed E-state index contributed by atoms with van der Waals surface area (Å²) in [6.07, 6.45) is -3.71. The first kappa shape index (κ1) is 11.5.